The molecule has 0 aromatic heterocycles. The highest BCUT2D eigenvalue weighted by atomic mass is 19.2. The van der Waals surface area contributed by atoms with Gasteiger partial charge in [0.25, 0.3) is 0 Å². The first-order valence-electron chi connectivity index (χ1n) is 3.96. The van der Waals surface area contributed by atoms with E-state index in [0.29, 0.717) is 6.07 Å². The topological polar surface area (TPSA) is 92.8 Å². The molecule has 0 heterocycles. The Labute approximate surface area is 88.4 Å². The lowest BCUT2D eigenvalue weighted by molar-refractivity contribution is -0.385. The fourth-order valence-electron chi connectivity index (χ4n) is 1.20. The molecule has 6 nitrogen and oxygen atoms in total. The standard InChI is InChI=1S/C7H6BF2NO5/c1-16-7-4(11(14)15)2-3(9)6(10)5(7)8(12)13/h2,12-13H,1H3. The summed E-state index contributed by atoms with van der Waals surface area (Å²) >= 11 is 0. The molecule has 0 unspecified atom stereocenters. The van der Waals surface area contributed by atoms with E-state index in [4.69, 9.17) is 10.0 Å². The van der Waals surface area contributed by atoms with E-state index < -0.39 is 40.6 Å². The van der Waals surface area contributed by atoms with Crippen LogP contribution in [-0.2, 0) is 0 Å². The van der Waals surface area contributed by atoms with E-state index in [0.717, 1.165) is 7.11 Å². The van der Waals surface area contributed by atoms with Gasteiger partial charge in [-0.2, -0.15) is 0 Å². The van der Waals surface area contributed by atoms with Crippen molar-refractivity contribution in [3.63, 3.8) is 0 Å². The maximum atomic E-state index is 13.1. The minimum Gasteiger partial charge on any atom is -0.490 e. The number of halogens is 2. The zero-order valence-corrected chi connectivity index (χ0v) is 7.98. The van der Waals surface area contributed by atoms with Crippen molar-refractivity contribution in [2.45, 2.75) is 0 Å². The monoisotopic (exact) mass is 233 g/mol. The van der Waals surface area contributed by atoms with Crippen molar-refractivity contribution in [1.29, 1.82) is 0 Å². The smallest absolute Gasteiger partial charge is 0.490 e. The molecule has 0 aliphatic heterocycles. The van der Waals surface area contributed by atoms with Crippen LogP contribution in [0.2, 0.25) is 0 Å². The summed E-state index contributed by atoms with van der Waals surface area (Å²) in [6.07, 6.45) is 0. The van der Waals surface area contributed by atoms with Crippen LogP contribution in [0.15, 0.2) is 6.07 Å². The van der Waals surface area contributed by atoms with E-state index in [9.17, 15) is 18.9 Å². The largest absolute Gasteiger partial charge is 0.495 e. The molecule has 0 radical (unpaired) electrons. The van der Waals surface area contributed by atoms with Gasteiger partial charge in [-0.3, -0.25) is 10.1 Å². The molecule has 16 heavy (non-hydrogen) atoms. The Balaban J connectivity index is 3.61. The molecule has 86 valence electrons. The molecule has 1 aromatic rings. The molecule has 9 heteroatoms. The average molecular weight is 233 g/mol. The van der Waals surface area contributed by atoms with Crippen molar-refractivity contribution in [3.8, 4) is 5.75 Å². The normalized spacial score (nSPS) is 10.1. The molecule has 0 aliphatic rings. The van der Waals surface area contributed by atoms with E-state index >= 15 is 0 Å². The predicted molar refractivity (Wildman–Crippen MR) is 49.4 cm³/mol. The molecule has 2 N–H and O–H groups in total. The van der Waals surface area contributed by atoms with Crippen LogP contribution in [0, 0.1) is 21.7 Å². The van der Waals surface area contributed by atoms with E-state index in [2.05, 4.69) is 4.74 Å². The van der Waals surface area contributed by atoms with Crippen molar-refractivity contribution in [2.75, 3.05) is 7.11 Å². The van der Waals surface area contributed by atoms with Crippen LogP contribution in [0.3, 0.4) is 0 Å². The van der Waals surface area contributed by atoms with Gasteiger partial charge in [-0.25, -0.2) is 8.78 Å². The summed E-state index contributed by atoms with van der Waals surface area (Å²) in [5.41, 5.74) is -1.89. The number of rotatable bonds is 3. The molecule has 0 spiro atoms. The first-order valence-corrected chi connectivity index (χ1v) is 3.96. The zero-order valence-electron chi connectivity index (χ0n) is 7.98. The number of nitrogens with zero attached hydrogens (tertiary/aromatic N) is 1. The minimum atomic E-state index is -2.41. The summed E-state index contributed by atoms with van der Waals surface area (Å²) in [6, 6.07) is 0.306. The Bertz CT molecular complexity index is 439. The van der Waals surface area contributed by atoms with E-state index in [-0.39, 0.29) is 0 Å². The molecule has 0 bridgehead atoms. The quantitative estimate of drug-likeness (QED) is 0.419. The molecule has 0 saturated heterocycles. The van der Waals surface area contributed by atoms with Crippen molar-refractivity contribution >= 4 is 18.3 Å². The lowest BCUT2D eigenvalue weighted by Crippen LogP contribution is -2.35. The highest BCUT2D eigenvalue weighted by Gasteiger charge is 2.32. The van der Waals surface area contributed by atoms with Gasteiger partial charge < -0.3 is 14.8 Å². The van der Waals surface area contributed by atoms with Crippen LogP contribution in [-0.4, -0.2) is 29.2 Å². The van der Waals surface area contributed by atoms with Crippen molar-refractivity contribution in [3.05, 3.63) is 27.8 Å². The second-order valence-corrected chi connectivity index (χ2v) is 2.77. The van der Waals surface area contributed by atoms with Crippen LogP contribution in [0.25, 0.3) is 0 Å². The zero-order chi connectivity index (χ0) is 12.5. The van der Waals surface area contributed by atoms with Crippen molar-refractivity contribution in [2.24, 2.45) is 0 Å². The third-order valence-electron chi connectivity index (χ3n) is 1.85. The molecular weight excluding hydrogens is 227 g/mol. The molecule has 0 fully saturated rings. The van der Waals surface area contributed by atoms with Gasteiger partial charge >= 0.3 is 12.8 Å². The summed E-state index contributed by atoms with van der Waals surface area (Å²) in [7, 11) is -1.45. The fraction of sp³-hybridized carbons (Fsp3) is 0.143. The molecule has 0 saturated carbocycles. The first-order chi connectivity index (χ1) is 7.40. The van der Waals surface area contributed by atoms with Crippen molar-refractivity contribution < 1.29 is 28.5 Å². The second-order valence-electron chi connectivity index (χ2n) is 2.77. The SMILES string of the molecule is COc1c([N+](=O)[O-])cc(F)c(F)c1B(O)O. The second kappa shape index (κ2) is 4.41. The van der Waals surface area contributed by atoms with Gasteiger partial charge in [-0.05, 0) is 0 Å². The van der Waals surface area contributed by atoms with Gasteiger partial charge in [0.1, 0.15) is 0 Å². The van der Waals surface area contributed by atoms with Gasteiger partial charge in [0.05, 0.1) is 23.6 Å². The highest BCUT2D eigenvalue weighted by Crippen LogP contribution is 2.27. The lowest BCUT2D eigenvalue weighted by Gasteiger charge is -2.09. The maximum absolute atomic E-state index is 13.1. The van der Waals surface area contributed by atoms with Gasteiger partial charge in [-0.15, -0.1) is 0 Å². The average Bonchev–Trinajstić information content (AvgIpc) is 2.20. The summed E-state index contributed by atoms with van der Waals surface area (Å²) in [4.78, 5) is 9.47. The number of methoxy groups -OCH3 is 1. The lowest BCUT2D eigenvalue weighted by atomic mass is 9.78. The molecule has 1 aromatic carbocycles. The highest BCUT2D eigenvalue weighted by molar-refractivity contribution is 6.60. The van der Waals surface area contributed by atoms with Gasteiger partial charge in [0.15, 0.2) is 17.4 Å². The van der Waals surface area contributed by atoms with E-state index in [1.165, 1.54) is 0 Å². The summed E-state index contributed by atoms with van der Waals surface area (Å²) < 4.78 is 30.5. The number of benzene rings is 1. The minimum absolute atomic E-state index is 0.306. The number of hydrogen-bond donors (Lipinski definition) is 2. The van der Waals surface area contributed by atoms with Crippen LogP contribution in [0.1, 0.15) is 0 Å². The van der Waals surface area contributed by atoms with Crippen molar-refractivity contribution in [1.82, 2.24) is 0 Å². The van der Waals surface area contributed by atoms with Crippen LogP contribution in [0.5, 0.6) is 5.75 Å². The predicted octanol–water partition coefficient (Wildman–Crippen LogP) is -0.439. The first kappa shape index (κ1) is 12.3. The molecular formula is C7H6BF2NO5. The van der Waals surface area contributed by atoms with Crippen LogP contribution in [0.4, 0.5) is 14.5 Å². The summed E-state index contributed by atoms with van der Waals surface area (Å²) in [5, 5.41) is 28.1. The number of ether oxygens (including phenoxy) is 1. The van der Waals surface area contributed by atoms with Crippen LogP contribution >= 0.6 is 0 Å². The van der Waals surface area contributed by atoms with Gasteiger partial charge in [0.2, 0.25) is 0 Å². The Hall–Kier alpha value is -1.74. The van der Waals surface area contributed by atoms with E-state index in [1.807, 2.05) is 0 Å². The van der Waals surface area contributed by atoms with Crippen LogP contribution < -0.4 is 10.2 Å². The molecule has 0 amide bonds. The third kappa shape index (κ3) is 1.95. The number of hydrogen-bond acceptors (Lipinski definition) is 5. The van der Waals surface area contributed by atoms with E-state index in [1.54, 1.807) is 0 Å². The Morgan fingerprint density at radius 3 is 2.44 bits per heavy atom. The Morgan fingerprint density at radius 1 is 1.50 bits per heavy atom. The maximum Gasteiger partial charge on any atom is 0.495 e. The molecule has 0 aliphatic carbocycles. The Kier molecular flexibility index (Phi) is 3.40. The number of nitro groups is 1. The number of nitro benzene ring substituents is 1. The third-order valence-corrected chi connectivity index (χ3v) is 1.85. The molecule has 1 rings (SSSR count). The van der Waals surface area contributed by atoms with Gasteiger partial charge in [0, 0.05) is 0 Å². The summed E-state index contributed by atoms with van der Waals surface area (Å²) in [6.45, 7) is 0. The molecule has 0 atom stereocenters. The summed E-state index contributed by atoms with van der Waals surface area (Å²) in [5.74, 6) is -3.88. The Morgan fingerprint density at radius 2 is 2.06 bits per heavy atom. The van der Waals surface area contributed by atoms with Gasteiger partial charge in [-0.1, -0.05) is 0 Å². The fourth-order valence-corrected chi connectivity index (χ4v) is 1.20.